The minimum atomic E-state index is 0.758. The minimum Gasteiger partial charge on any atom is -0.0836 e. The van der Waals surface area contributed by atoms with Crippen LogP contribution in [0.25, 0.3) is 88.0 Å². The van der Waals surface area contributed by atoms with Gasteiger partial charge in [-0.1, -0.05) is 151 Å². The molecule has 200 valence electrons. The number of hydrogen-bond donors (Lipinski definition) is 0. The van der Waals surface area contributed by atoms with Crippen molar-refractivity contribution in [3.05, 3.63) is 157 Å². The van der Waals surface area contributed by atoms with Gasteiger partial charge in [-0.05, 0) is 94.5 Å². The molecule has 0 bridgehead atoms. The molecule has 0 saturated carbocycles. The number of rotatable bonds is 3. The lowest BCUT2D eigenvalue weighted by Crippen LogP contribution is -1.95. The van der Waals surface area contributed by atoms with Gasteiger partial charge in [0.25, 0.3) is 0 Å². The van der Waals surface area contributed by atoms with Crippen LogP contribution in [-0.2, 0) is 0 Å². The largest absolute Gasteiger partial charge is 0.0836 e. The summed E-state index contributed by atoms with van der Waals surface area (Å²) in [5.41, 5.74) is 12.3. The van der Waals surface area contributed by atoms with Crippen molar-refractivity contribution in [2.24, 2.45) is 0 Å². The van der Waals surface area contributed by atoms with Crippen LogP contribution in [0.2, 0.25) is 5.02 Å². The Labute approximate surface area is 255 Å². The first-order valence-corrected chi connectivity index (χ1v) is 15.1. The summed E-state index contributed by atoms with van der Waals surface area (Å²) >= 11 is 7.32. The quantitative estimate of drug-likeness (QED) is 0.200. The summed E-state index contributed by atoms with van der Waals surface area (Å²) in [6, 6.07) is 54.7. The fourth-order valence-corrected chi connectivity index (χ4v) is 7.54. The second kappa shape index (κ2) is 9.42. The second-order valence-electron chi connectivity index (χ2n) is 11.3. The highest BCUT2D eigenvalue weighted by Gasteiger charge is 2.31. The smallest absolute Gasteiger partial charge is 0.0491 e. The lowest BCUT2D eigenvalue weighted by atomic mass is 9.81. The number of fused-ring (bicyclic) bond motifs is 5. The predicted octanol–water partition coefficient (Wildman–Crippen LogP) is 12.4. The Morgan fingerprint density at radius 1 is 0.326 bits per heavy atom. The van der Waals surface area contributed by atoms with Crippen molar-refractivity contribution in [3.63, 3.8) is 0 Å². The summed E-state index contributed by atoms with van der Waals surface area (Å²) in [7, 11) is 0. The molecule has 0 nitrogen and oxygen atoms in total. The van der Waals surface area contributed by atoms with E-state index in [2.05, 4.69) is 152 Å². The molecular weight excluding hydrogens is 540 g/mol. The summed E-state index contributed by atoms with van der Waals surface area (Å²) in [4.78, 5) is 0. The molecule has 0 radical (unpaired) electrons. The third kappa shape index (κ3) is 3.57. The summed E-state index contributed by atoms with van der Waals surface area (Å²) in [5, 5.41) is 8.14. The molecule has 0 spiro atoms. The Morgan fingerprint density at radius 2 is 0.814 bits per heavy atom. The molecule has 0 fully saturated rings. The molecule has 8 aromatic rings. The summed E-state index contributed by atoms with van der Waals surface area (Å²) < 4.78 is 0. The highest BCUT2D eigenvalue weighted by molar-refractivity contribution is 6.36. The highest BCUT2D eigenvalue weighted by Crippen LogP contribution is 2.58. The topological polar surface area (TPSA) is 0 Å². The minimum absolute atomic E-state index is 0.758. The van der Waals surface area contributed by atoms with Crippen molar-refractivity contribution in [1.29, 1.82) is 0 Å². The molecule has 0 saturated heterocycles. The number of halogens is 1. The van der Waals surface area contributed by atoms with Crippen LogP contribution in [0.5, 0.6) is 0 Å². The molecule has 0 heterocycles. The van der Waals surface area contributed by atoms with E-state index in [0.717, 1.165) is 16.1 Å². The Kier molecular flexibility index (Phi) is 5.35. The van der Waals surface area contributed by atoms with Crippen LogP contribution in [0, 0.1) is 0 Å². The zero-order valence-electron chi connectivity index (χ0n) is 23.3. The van der Waals surface area contributed by atoms with E-state index in [4.69, 9.17) is 11.6 Å². The van der Waals surface area contributed by atoms with Gasteiger partial charge in [0.2, 0.25) is 0 Å². The first-order chi connectivity index (χ1) is 21.3. The van der Waals surface area contributed by atoms with E-state index >= 15 is 0 Å². The van der Waals surface area contributed by atoms with Gasteiger partial charge < -0.3 is 0 Å². The van der Waals surface area contributed by atoms with Crippen molar-refractivity contribution >= 4 is 43.9 Å². The van der Waals surface area contributed by atoms with Crippen LogP contribution in [-0.4, -0.2) is 0 Å². The van der Waals surface area contributed by atoms with Gasteiger partial charge in [0.15, 0.2) is 0 Å². The number of benzene rings is 8. The van der Waals surface area contributed by atoms with E-state index in [1.165, 1.54) is 76.8 Å². The Hall–Kier alpha value is -5.17. The molecule has 1 aliphatic rings. The van der Waals surface area contributed by atoms with Crippen LogP contribution >= 0.6 is 11.6 Å². The van der Waals surface area contributed by atoms with E-state index in [0.29, 0.717) is 0 Å². The lowest BCUT2D eigenvalue weighted by molar-refractivity contribution is 1.61. The van der Waals surface area contributed by atoms with Gasteiger partial charge >= 0.3 is 0 Å². The third-order valence-electron chi connectivity index (χ3n) is 9.04. The van der Waals surface area contributed by atoms with E-state index in [9.17, 15) is 0 Å². The van der Waals surface area contributed by atoms with Crippen LogP contribution in [0.15, 0.2) is 152 Å². The van der Waals surface area contributed by atoms with Gasteiger partial charge in [-0.3, -0.25) is 0 Å². The maximum absolute atomic E-state index is 7.32. The first kappa shape index (κ1) is 24.4. The zero-order chi connectivity index (χ0) is 28.5. The molecule has 0 aromatic heterocycles. The SMILES string of the molecule is Clc1cc2c(-c3ccccc3)c3c(c(-c4ccccc4)c2cc1-c1cccc2ccccc12)-c1cccc2cccc-3c12. The molecule has 9 rings (SSSR count). The van der Waals surface area contributed by atoms with Gasteiger partial charge in [0.1, 0.15) is 0 Å². The molecule has 0 aliphatic heterocycles. The molecule has 1 aliphatic carbocycles. The Morgan fingerprint density at radius 3 is 1.44 bits per heavy atom. The molecule has 43 heavy (non-hydrogen) atoms. The molecule has 0 N–H and O–H groups in total. The fourth-order valence-electron chi connectivity index (χ4n) is 7.28. The summed E-state index contributed by atoms with van der Waals surface area (Å²) in [6.45, 7) is 0. The summed E-state index contributed by atoms with van der Waals surface area (Å²) in [5.74, 6) is 0. The highest BCUT2D eigenvalue weighted by atomic mass is 35.5. The van der Waals surface area contributed by atoms with E-state index in [1.54, 1.807) is 0 Å². The second-order valence-corrected chi connectivity index (χ2v) is 11.8. The third-order valence-corrected chi connectivity index (χ3v) is 9.36. The van der Waals surface area contributed by atoms with E-state index < -0.39 is 0 Å². The first-order valence-electron chi connectivity index (χ1n) is 14.7. The maximum atomic E-state index is 7.32. The molecular formula is C42H25Cl. The van der Waals surface area contributed by atoms with Crippen LogP contribution in [0.1, 0.15) is 0 Å². The molecule has 0 amide bonds. The number of hydrogen-bond acceptors (Lipinski definition) is 0. The maximum Gasteiger partial charge on any atom is 0.0491 e. The average molecular weight is 565 g/mol. The lowest BCUT2D eigenvalue weighted by Gasteiger charge is -2.22. The average Bonchev–Trinajstić information content (AvgIpc) is 3.39. The Balaban J connectivity index is 1.52. The van der Waals surface area contributed by atoms with Gasteiger partial charge in [-0.2, -0.15) is 0 Å². The van der Waals surface area contributed by atoms with E-state index in [-0.39, 0.29) is 0 Å². The van der Waals surface area contributed by atoms with Crippen LogP contribution in [0.4, 0.5) is 0 Å². The molecule has 0 unspecified atom stereocenters. The van der Waals surface area contributed by atoms with Gasteiger partial charge in [0, 0.05) is 10.6 Å². The standard InChI is InChI=1S/C42H25Cl/c43-37-25-36-35(24-34(37)31-21-9-17-26-12-7-8-20-30(26)31)39(28-13-3-1-4-14-28)41-32-22-10-18-27-19-11-23-33(38(27)32)42(41)40(36)29-15-5-2-6-16-29/h1-25H. The van der Waals surface area contributed by atoms with Crippen LogP contribution in [0.3, 0.4) is 0 Å². The van der Waals surface area contributed by atoms with Gasteiger partial charge in [-0.25, -0.2) is 0 Å². The summed E-state index contributed by atoms with van der Waals surface area (Å²) in [6.07, 6.45) is 0. The van der Waals surface area contributed by atoms with Gasteiger partial charge in [0.05, 0.1) is 0 Å². The molecule has 0 atom stereocenters. The van der Waals surface area contributed by atoms with Crippen molar-refractivity contribution in [3.8, 4) is 55.6 Å². The van der Waals surface area contributed by atoms with Gasteiger partial charge in [-0.15, -0.1) is 0 Å². The van der Waals surface area contributed by atoms with E-state index in [1.807, 2.05) is 0 Å². The zero-order valence-corrected chi connectivity index (χ0v) is 24.1. The predicted molar refractivity (Wildman–Crippen MR) is 185 cm³/mol. The van der Waals surface area contributed by atoms with Crippen molar-refractivity contribution in [2.75, 3.05) is 0 Å². The van der Waals surface area contributed by atoms with Crippen molar-refractivity contribution in [1.82, 2.24) is 0 Å². The Bertz CT molecular complexity index is 2370. The van der Waals surface area contributed by atoms with Crippen molar-refractivity contribution in [2.45, 2.75) is 0 Å². The van der Waals surface area contributed by atoms with Crippen molar-refractivity contribution < 1.29 is 0 Å². The normalized spacial score (nSPS) is 11.8. The molecule has 8 aromatic carbocycles. The fraction of sp³-hybridized carbons (Fsp3) is 0. The molecule has 1 heteroatoms. The van der Waals surface area contributed by atoms with Crippen LogP contribution < -0.4 is 0 Å². The monoisotopic (exact) mass is 564 g/mol.